The Bertz CT molecular complexity index is 1830. The van der Waals surface area contributed by atoms with Gasteiger partial charge in [-0.1, -0.05) is 114 Å². The van der Waals surface area contributed by atoms with Crippen LogP contribution in [0.5, 0.6) is 0 Å². The Morgan fingerprint density at radius 1 is 0.494 bits per heavy atom. The lowest BCUT2D eigenvalue weighted by atomic mass is 10.0. The van der Waals surface area contributed by atoms with Crippen LogP contribution in [0, 0.1) is 23.7 Å². The van der Waals surface area contributed by atoms with Crippen LogP contribution in [0.4, 0.5) is 23.1 Å². The van der Waals surface area contributed by atoms with Crippen LogP contribution < -0.4 is 0 Å². The number of benzene rings is 1. The fourth-order valence-corrected chi connectivity index (χ4v) is 9.14. The molecule has 470 valence electrons. The van der Waals surface area contributed by atoms with Gasteiger partial charge in [0.1, 0.15) is 34.5 Å². The SMILES string of the molecule is BrCc1ccccc1.C.C.CCC1C[C@@H](C(=O)O)N(C(=O)OC(C)(C)C)C1.CCC1C[C@@H](C(C)=O)N(C(=O)OC(C)(C)C)C1.CC[C@H]1C[C@@H](C(=O)O)N(C(=O)OC(C)(C)C)C1.CC[C@H]1C[C@@H](C(C)=O)N(C(=O)OC(C)(C)C)C1.CSF. The van der Waals surface area contributed by atoms with E-state index < -0.39 is 58.6 Å². The van der Waals surface area contributed by atoms with Crippen molar-refractivity contribution in [3.8, 4) is 0 Å². The summed E-state index contributed by atoms with van der Waals surface area (Å²) in [5.74, 6) is -0.475. The molecule has 0 bridgehead atoms. The van der Waals surface area contributed by atoms with Crippen molar-refractivity contribution in [1.82, 2.24) is 19.6 Å². The van der Waals surface area contributed by atoms with Crippen molar-refractivity contribution in [3.63, 3.8) is 0 Å². The number of ketones is 2. The van der Waals surface area contributed by atoms with E-state index in [4.69, 9.17) is 29.2 Å². The number of halogens is 2. The van der Waals surface area contributed by atoms with Gasteiger partial charge in [0.2, 0.25) is 0 Å². The molecule has 1 aromatic carbocycles. The molecule has 2 unspecified atom stereocenters. The van der Waals surface area contributed by atoms with Crippen molar-refractivity contribution in [2.75, 3.05) is 32.4 Å². The van der Waals surface area contributed by atoms with Crippen molar-refractivity contribution >= 4 is 76.0 Å². The molecule has 0 saturated carbocycles. The molecular weight excluding hydrogens is 1130 g/mol. The van der Waals surface area contributed by atoms with Gasteiger partial charge in [-0.05, 0) is 152 Å². The van der Waals surface area contributed by atoms with Crippen molar-refractivity contribution in [1.29, 1.82) is 0 Å². The molecular formula is C60H106BrFN4O14S. The highest BCUT2D eigenvalue weighted by Crippen LogP contribution is 2.31. The molecule has 0 aromatic heterocycles. The Hall–Kier alpha value is -4.66. The van der Waals surface area contributed by atoms with E-state index in [1.165, 1.54) is 21.6 Å². The van der Waals surface area contributed by atoms with Crippen molar-refractivity contribution in [2.45, 2.75) is 243 Å². The number of rotatable bonds is 9. The summed E-state index contributed by atoms with van der Waals surface area (Å²) in [7, 11) is 0. The average Bonchev–Trinajstić information content (AvgIpc) is 4.15. The number of amides is 4. The van der Waals surface area contributed by atoms with Gasteiger partial charge < -0.3 is 29.2 Å². The van der Waals surface area contributed by atoms with E-state index in [0.29, 0.717) is 50.9 Å². The number of alkyl halides is 1. The standard InChI is InChI=1S/2C13H23NO3.2C12H21NO4.C7H7Br.CH3FS.2CH4/c2*1-6-10-7-11(9(2)15)14(8-10)12(16)17-13(3,4)5;2*1-5-8-6-9(10(14)15)13(7-8)11(16)17-12(2,3)4;8-6-7-4-2-1-3-5-7;1-3-2;;/h2*10-11H,6-8H2,1-5H3;2*8-9H,5-7H2,1-4H3,(H,14,15);1-5H,6H2;1H3;2*1H4/t10?,11-;10-,11-;8?,9-;8-,9-;;;;/m0000..../s1. The van der Waals surface area contributed by atoms with Gasteiger partial charge in [-0.15, -0.1) is 0 Å². The van der Waals surface area contributed by atoms with Crippen molar-refractivity contribution in [2.24, 2.45) is 23.7 Å². The van der Waals surface area contributed by atoms with E-state index in [1.807, 2.05) is 73.6 Å². The number of carbonyl (C=O) groups excluding carboxylic acids is 6. The number of hydrogen-bond acceptors (Lipinski definition) is 13. The highest BCUT2D eigenvalue weighted by atomic mass is 79.9. The van der Waals surface area contributed by atoms with Gasteiger partial charge >= 0.3 is 36.3 Å². The third-order valence-electron chi connectivity index (χ3n) is 12.9. The molecule has 4 aliphatic rings. The maximum Gasteiger partial charge on any atom is 0.411 e. The molecule has 18 nitrogen and oxygen atoms in total. The summed E-state index contributed by atoms with van der Waals surface area (Å²) in [6.45, 7) is 35.1. The molecule has 1 aromatic rings. The number of likely N-dealkylation sites (tertiary alicyclic amines) is 4. The summed E-state index contributed by atoms with van der Waals surface area (Å²) in [5, 5.41) is 19.1. The average molecular weight is 1240 g/mol. The zero-order valence-electron chi connectivity index (χ0n) is 50.9. The van der Waals surface area contributed by atoms with Crippen LogP contribution in [-0.4, -0.2) is 157 Å². The summed E-state index contributed by atoms with van der Waals surface area (Å²) in [6.07, 6.45) is 5.90. The van der Waals surface area contributed by atoms with Crippen LogP contribution in [0.1, 0.15) is 196 Å². The predicted molar refractivity (Wildman–Crippen MR) is 324 cm³/mol. The number of nitrogens with zero attached hydrogens (tertiary/aromatic N) is 4. The monoisotopic (exact) mass is 1240 g/mol. The second kappa shape index (κ2) is 37.5. The van der Waals surface area contributed by atoms with Crippen LogP contribution in [0.2, 0.25) is 0 Å². The van der Waals surface area contributed by atoms with E-state index in [1.54, 1.807) is 65.2 Å². The van der Waals surface area contributed by atoms with E-state index in [2.05, 4.69) is 41.9 Å². The Balaban J connectivity index is -0.000000934. The number of carboxylic acid groups (broad SMARTS) is 2. The van der Waals surface area contributed by atoms with E-state index in [-0.39, 0.29) is 74.7 Å². The lowest BCUT2D eigenvalue weighted by Crippen LogP contribution is -2.43. The molecule has 4 saturated heterocycles. The van der Waals surface area contributed by atoms with Crippen LogP contribution >= 0.6 is 28.1 Å². The number of carbonyl (C=O) groups is 8. The Morgan fingerprint density at radius 3 is 0.864 bits per heavy atom. The van der Waals surface area contributed by atoms with Gasteiger partial charge in [-0.2, -0.15) is 3.89 Å². The first-order valence-corrected chi connectivity index (χ1v) is 29.8. The summed E-state index contributed by atoms with van der Waals surface area (Å²) in [4.78, 5) is 98.8. The molecule has 21 heteroatoms. The summed E-state index contributed by atoms with van der Waals surface area (Å²) < 4.78 is 31.3. The lowest BCUT2D eigenvalue weighted by molar-refractivity contribution is -0.142. The third-order valence-corrected chi connectivity index (χ3v) is 13.5. The summed E-state index contributed by atoms with van der Waals surface area (Å²) in [6, 6.07) is 8.21. The van der Waals surface area contributed by atoms with E-state index in [0.717, 1.165) is 43.9 Å². The van der Waals surface area contributed by atoms with Crippen LogP contribution in [0.3, 0.4) is 0 Å². The largest absolute Gasteiger partial charge is 0.480 e. The molecule has 4 amide bonds. The fraction of sp³-hybridized carbons (Fsp3) is 0.767. The molecule has 0 radical (unpaired) electrons. The predicted octanol–water partition coefficient (Wildman–Crippen LogP) is 14.5. The van der Waals surface area contributed by atoms with Crippen molar-refractivity contribution < 1.29 is 71.4 Å². The van der Waals surface area contributed by atoms with Gasteiger partial charge in [-0.3, -0.25) is 29.2 Å². The molecule has 4 aliphatic heterocycles. The normalized spacial score (nSPS) is 22.0. The van der Waals surface area contributed by atoms with Crippen LogP contribution in [0.25, 0.3) is 0 Å². The molecule has 4 fully saturated rings. The lowest BCUT2D eigenvalue weighted by Gasteiger charge is -2.27. The molecule has 5 rings (SSSR count). The first kappa shape index (κ1) is 80.6. The third kappa shape index (κ3) is 31.5. The van der Waals surface area contributed by atoms with Gasteiger partial charge in [-0.25, -0.2) is 28.8 Å². The maximum absolute atomic E-state index is 12.0. The minimum atomic E-state index is -0.952. The van der Waals surface area contributed by atoms with Gasteiger partial charge in [0.15, 0.2) is 11.6 Å². The number of Topliss-reactive ketones (excluding diaryl/α,β-unsaturated/α-hetero) is 2. The minimum absolute atomic E-state index is 0. The molecule has 0 spiro atoms. The molecule has 4 heterocycles. The van der Waals surface area contributed by atoms with Gasteiger partial charge in [0, 0.05) is 49.9 Å². The second-order valence-corrected chi connectivity index (χ2v) is 25.2. The zero-order valence-corrected chi connectivity index (χ0v) is 53.3. The topological polar surface area (TPSA) is 227 Å². The maximum atomic E-state index is 12.0. The van der Waals surface area contributed by atoms with Gasteiger partial charge in [0.25, 0.3) is 0 Å². The molecule has 0 aliphatic carbocycles. The van der Waals surface area contributed by atoms with Crippen LogP contribution in [-0.2, 0) is 43.5 Å². The second-order valence-electron chi connectivity index (χ2n) is 24.3. The highest BCUT2D eigenvalue weighted by molar-refractivity contribution is 9.08. The number of aliphatic carboxylic acids is 2. The first-order valence-electron chi connectivity index (χ1n) is 27.5. The number of carboxylic acids is 2. The summed E-state index contributed by atoms with van der Waals surface area (Å²) in [5.41, 5.74) is -0.882. The smallest absolute Gasteiger partial charge is 0.411 e. The van der Waals surface area contributed by atoms with Gasteiger partial charge in [0.05, 0.1) is 12.1 Å². The van der Waals surface area contributed by atoms with Crippen LogP contribution in [0.15, 0.2) is 30.3 Å². The zero-order chi connectivity index (χ0) is 61.4. The minimum Gasteiger partial charge on any atom is -0.480 e. The summed E-state index contributed by atoms with van der Waals surface area (Å²) >= 11 is 3.61. The number of hydrogen-bond donors (Lipinski definition) is 2. The highest BCUT2D eigenvalue weighted by Gasteiger charge is 2.43. The number of ether oxygens (including phenoxy) is 4. The van der Waals surface area contributed by atoms with E-state index in [9.17, 15) is 42.2 Å². The fourth-order valence-electron chi connectivity index (χ4n) is 8.77. The van der Waals surface area contributed by atoms with E-state index >= 15 is 0 Å². The molecule has 2 N–H and O–H groups in total. The Kier molecular flexibility index (Phi) is 37.3. The first-order chi connectivity index (χ1) is 36.3. The Morgan fingerprint density at radius 2 is 0.704 bits per heavy atom. The Labute approximate surface area is 499 Å². The quantitative estimate of drug-likeness (QED) is 0.173. The van der Waals surface area contributed by atoms with Crippen molar-refractivity contribution in [3.05, 3.63) is 35.9 Å². The molecule has 8 atom stereocenters. The molecule has 81 heavy (non-hydrogen) atoms.